The van der Waals surface area contributed by atoms with Crippen molar-refractivity contribution in [1.82, 2.24) is 4.90 Å². The Hall–Kier alpha value is -2.04. The second kappa shape index (κ2) is 7.99. The molecule has 0 radical (unpaired) electrons. The van der Waals surface area contributed by atoms with Crippen molar-refractivity contribution in [2.45, 2.75) is 39.5 Å². The maximum Gasteiger partial charge on any atom is 0.224 e. The van der Waals surface area contributed by atoms with Gasteiger partial charge in [-0.05, 0) is 42.5 Å². The molecule has 1 aromatic rings. The van der Waals surface area contributed by atoms with Crippen LogP contribution in [0, 0.1) is 5.92 Å². The lowest BCUT2D eigenvalue weighted by molar-refractivity contribution is -0.130. The van der Waals surface area contributed by atoms with Gasteiger partial charge in [0.05, 0.1) is 6.61 Å². The summed E-state index contributed by atoms with van der Waals surface area (Å²) < 4.78 is 5.73. The number of anilines is 1. The zero-order valence-electron chi connectivity index (χ0n) is 14.2. The maximum atomic E-state index is 11.9. The molecule has 1 aliphatic heterocycles. The number of nitrogens with one attached hydrogen (secondary N) is 1. The maximum absolute atomic E-state index is 11.9. The summed E-state index contributed by atoms with van der Waals surface area (Å²) in [6.45, 7) is 5.51. The third-order valence-electron chi connectivity index (χ3n) is 3.84. The molecule has 5 heteroatoms. The molecule has 0 aliphatic carbocycles. The van der Waals surface area contributed by atoms with E-state index in [1.165, 1.54) is 0 Å². The summed E-state index contributed by atoms with van der Waals surface area (Å²) in [5.74, 6) is 1.50. The largest absolute Gasteiger partial charge is 0.494 e. The van der Waals surface area contributed by atoms with Crippen molar-refractivity contribution in [1.29, 1.82) is 0 Å². The summed E-state index contributed by atoms with van der Waals surface area (Å²) in [5, 5.41) is 2.85. The molecule has 0 saturated carbocycles. The Kier molecular flexibility index (Phi) is 6.02. The van der Waals surface area contributed by atoms with Crippen molar-refractivity contribution in [3.8, 4) is 5.75 Å². The first-order valence-corrected chi connectivity index (χ1v) is 8.25. The molecular weight excluding hydrogens is 292 g/mol. The summed E-state index contributed by atoms with van der Waals surface area (Å²) in [6.07, 6.45) is 2.48. The molecule has 2 rings (SSSR count). The van der Waals surface area contributed by atoms with E-state index in [-0.39, 0.29) is 11.8 Å². The zero-order valence-corrected chi connectivity index (χ0v) is 14.2. The molecule has 0 aromatic heterocycles. The van der Waals surface area contributed by atoms with E-state index in [1.807, 2.05) is 25.2 Å². The Morgan fingerprint density at radius 1 is 1.35 bits per heavy atom. The zero-order chi connectivity index (χ0) is 16.8. The van der Waals surface area contributed by atoms with Crippen LogP contribution in [0.1, 0.15) is 38.7 Å². The van der Waals surface area contributed by atoms with Crippen LogP contribution < -0.4 is 10.1 Å². The molecule has 23 heavy (non-hydrogen) atoms. The molecule has 5 nitrogen and oxygen atoms in total. The van der Waals surface area contributed by atoms with E-state index >= 15 is 0 Å². The number of carbonyl (C=O) groups is 2. The predicted octanol–water partition coefficient (Wildman–Crippen LogP) is 2.84. The molecule has 0 fully saturated rings. The molecule has 0 saturated heterocycles. The van der Waals surface area contributed by atoms with E-state index in [4.69, 9.17) is 4.74 Å². The number of rotatable bonds is 7. The number of hydrogen-bond donors (Lipinski definition) is 1. The summed E-state index contributed by atoms with van der Waals surface area (Å²) >= 11 is 0. The second-order valence-electron chi connectivity index (χ2n) is 6.49. The minimum Gasteiger partial charge on any atom is -0.494 e. The highest BCUT2D eigenvalue weighted by atomic mass is 16.5. The van der Waals surface area contributed by atoms with Crippen molar-refractivity contribution in [2.24, 2.45) is 5.92 Å². The van der Waals surface area contributed by atoms with Crippen molar-refractivity contribution >= 4 is 17.5 Å². The minimum absolute atomic E-state index is 0.0650. The lowest BCUT2D eigenvalue weighted by Gasteiger charge is -2.19. The number of carbonyl (C=O) groups excluding carboxylic acids is 2. The average molecular weight is 318 g/mol. The molecule has 1 heterocycles. The van der Waals surface area contributed by atoms with Gasteiger partial charge in [0.25, 0.3) is 0 Å². The molecule has 1 N–H and O–H groups in total. The van der Waals surface area contributed by atoms with Gasteiger partial charge in [-0.2, -0.15) is 0 Å². The van der Waals surface area contributed by atoms with Gasteiger partial charge in [-0.15, -0.1) is 0 Å². The van der Waals surface area contributed by atoms with Gasteiger partial charge in [-0.1, -0.05) is 13.8 Å². The molecule has 0 unspecified atom stereocenters. The van der Waals surface area contributed by atoms with Crippen LogP contribution in [0.5, 0.6) is 5.75 Å². The first-order chi connectivity index (χ1) is 11.0. The van der Waals surface area contributed by atoms with Crippen LogP contribution in [0.25, 0.3) is 0 Å². The lowest BCUT2D eigenvalue weighted by atomic mass is 10.0. The van der Waals surface area contributed by atoms with E-state index < -0.39 is 0 Å². The van der Waals surface area contributed by atoms with Crippen LogP contribution in [-0.2, 0) is 16.0 Å². The molecule has 0 bridgehead atoms. The fraction of sp³-hybridized carbons (Fsp3) is 0.556. The molecule has 126 valence electrons. The summed E-state index contributed by atoms with van der Waals surface area (Å²) in [5.41, 5.74) is 1.98. The summed E-state index contributed by atoms with van der Waals surface area (Å²) in [4.78, 5) is 25.1. The number of amides is 2. The van der Waals surface area contributed by atoms with E-state index in [9.17, 15) is 9.59 Å². The van der Waals surface area contributed by atoms with Crippen LogP contribution in [0.3, 0.4) is 0 Å². The van der Waals surface area contributed by atoms with Gasteiger partial charge in [0, 0.05) is 32.1 Å². The van der Waals surface area contributed by atoms with Gasteiger partial charge in [0.2, 0.25) is 11.8 Å². The number of fused-ring (bicyclic) bond motifs is 1. The highest BCUT2D eigenvalue weighted by Crippen LogP contribution is 2.26. The van der Waals surface area contributed by atoms with Crippen molar-refractivity contribution < 1.29 is 14.3 Å². The normalized spacial score (nSPS) is 13.5. The van der Waals surface area contributed by atoms with E-state index in [0.717, 1.165) is 30.0 Å². The average Bonchev–Trinajstić information content (AvgIpc) is 2.50. The Labute approximate surface area is 138 Å². The fourth-order valence-electron chi connectivity index (χ4n) is 2.70. The molecule has 1 aromatic carbocycles. The van der Waals surface area contributed by atoms with Crippen LogP contribution in [0.15, 0.2) is 18.2 Å². The van der Waals surface area contributed by atoms with E-state index in [0.29, 0.717) is 31.8 Å². The topological polar surface area (TPSA) is 58.6 Å². The molecular formula is C18H26N2O3. The quantitative estimate of drug-likeness (QED) is 0.787. The monoisotopic (exact) mass is 318 g/mol. The van der Waals surface area contributed by atoms with E-state index in [2.05, 4.69) is 19.2 Å². The number of ether oxygens (including phenoxy) is 1. The molecule has 0 spiro atoms. The standard InChI is InChI=1S/C18H26N2O3/c1-13(2)12-20(3)18(22)5-4-10-23-15-7-8-16-14(11-15)6-9-17(21)19-16/h7-8,11,13H,4-6,9-10,12H2,1-3H3,(H,19,21). The Bertz CT molecular complexity index is 569. The Balaban J connectivity index is 1.74. The van der Waals surface area contributed by atoms with Gasteiger partial charge in [0.1, 0.15) is 5.75 Å². The number of aryl methyl sites for hydroxylation is 1. The van der Waals surface area contributed by atoms with Crippen molar-refractivity contribution in [2.75, 3.05) is 25.5 Å². The van der Waals surface area contributed by atoms with Gasteiger partial charge in [0.15, 0.2) is 0 Å². The van der Waals surface area contributed by atoms with Gasteiger partial charge >= 0.3 is 0 Å². The van der Waals surface area contributed by atoms with Crippen LogP contribution in [0.2, 0.25) is 0 Å². The van der Waals surface area contributed by atoms with E-state index in [1.54, 1.807) is 4.90 Å². The first kappa shape index (κ1) is 17.3. The summed E-state index contributed by atoms with van der Waals surface area (Å²) in [7, 11) is 1.85. The Morgan fingerprint density at radius 2 is 2.13 bits per heavy atom. The smallest absolute Gasteiger partial charge is 0.224 e. The van der Waals surface area contributed by atoms with Crippen LogP contribution in [-0.4, -0.2) is 36.9 Å². The predicted molar refractivity (Wildman–Crippen MR) is 90.6 cm³/mol. The lowest BCUT2D eigenvalue weighted by Crippen LogP contribution is -2.30. The second-order valence-corrected chi connectivity index (χ2v) is 6.49. The highest BCUT2D eigenvalue weighted by molar-refractivity contribution is 5.94. The molecule has 2 amide bonds. The number of hydrogen-bond acceptors (Lipinski definition) is 3. The highest BCUT2D eigenvalue weighted by Gasteiger charge is 2.15. The van der Waals surface area contributed by atoms with Crippen LogP contribution >= 0.6 is 0 Å². The third kappa shape index (κ3) is 5.27. The fourth-order valence-corrected chi connectivity index (χ4v) is 2.70. The van der Waals surface area contributed by atoms with Gasteiger partial charge in [-0.25, -0.2) is 0 Å². The SMILES string of the molecule is CC(C)CN(C)C(=O)CCCOc1ccc2c(c1)CCC(=O)N2. The molecule has 1 aliphatic rings. The third-order valence-corrected chi connectivity index (χ3v) is 3.84. The summed E-state index contributed by atoms with van der Waals surface area (Å²) in [6, 6.07) is 5.71. The molecule has 0 atom stereocenters. The number of benzene rings is 1. The Morgan fingerprint density at radius 3 is 2.87 bits per heavy atom. The van der Waals surface area contributed by atoms with Gasteiger partial charge in [-0.3, -0.25) is 9.59 Å². The minimum atomic E-state index is 0.0650. The van der Waals surface area contributed by atoms with Crippen molar-refractivity contribution in [3.05, 3.63) is 23.8 Å². The van der Waals surface area contributed by atoms with Crippen LogP contribution in [0.4, 0.5) is 5.69 Å². The van der Waals surface area contributed by atoms with Gasteiger partial charge < -0.3 is 15.0 Å². The first-order valence-electron chi connectivity index (χ1n) is 8.25. The van der Waals surface area contributed by atoms with Crippen molar-refractivity contribution in [3.63, 3.8) is 0 Å². The number of nitrogens with zero attached hydrogens (tertiary/aromatic N) is 1.